The van der Waals surface area contributed by atoms with E-state index in [1.54, 1.807) is 19.9 Å². The summed E-state index contributed by atoms with van der Waals surface area (Å²) < 4.78 is 35.8. The van der Waals surface area contributed by atoms with Crippen LogP contribution in [0.1, 0.15) is 18.1 Å². The molecule has 0 saturated carbocycles. The van der Waals surface area contributed by atoms with Gasteiger partial charge < -0.3 is 14.2 Å². The van der Waals surface area contributed by atoms with Gasteiger partial charge in [0.1, 0.15) is 10.6 Å². The topological polar surface area (TPSA) is 81.7 Å². The van der Waals surface area contributed by atoms with Crippen LogP contribution >= 0.6 is 11.6 Å². The molecule has 0 bridgehead atoms. The zero-order valence-corrected chi connectivity index (χ0v) is 15.8. The molecule has 0 aliphatic heterocycles. The molecule has 2 rings (SSSR count). The predicted octanol–water partition coefficient (Wildman–Crippen LogP) is 3.69. The van der Waals surface area contributed by atoms with Crippen molar-refractivity contribution in [2.45, 2.75) is 25.7 Å². The molecule has 0 saturated heterocycles. The first-order chi connectivity index (χ1) is 11.6. The van der Waals surface area contributed by atoms with Crippen LogP contribution in [0.15, 0.2) is 35.2 Å². The maximum Gasteiger partial charge on any atom is 0.339 e. The Balaban J connectivity index is 2.46. The quantitative estimate of drug-likeness (QED) is 0.796. The van der Waals surface area contributed by atoms with E-state index in [-0.39, 0.29) is 22.2 Å². The van der Waals surface area contributed by atoms with Crippen molar-refractivity contribution in [3.8, 4) is 11.5 Å². The van der Waals surface area contributed by atoms with Crippen LogP contribution in [-0.4, -0.2) is 21.4 Å². The van der Waals surface area contributed by atoms with Gasteiger partial charge in [0.25, 0.3) is 0 Å². The third-order valence-corrected chi connectivity index (χ3v) is 5.03. The van der Waals surface area contributed by atoms with Crippen LogP contribution in [0.2, 0.25) is 5.02 Å². The van der Waals surface area contributed by atoms with Gasteiger partial charge in [0, 0.05) is 11.9 Å². The summed E-state index contributed by atoms with van der Waals surface area (Å²) in [5.41, 5.74) is 1.32. The van der Waals surface area contributed by atoms with Crippen molar-refractivity contribution in [3.63, 3.8) is 0 Å². The van der Waals surface area contributed by atoms with Gasteiger partial charge in [-0.2, -0.15) is 8.42 Å². The summed E-state index contributed by atoms with van der Waals surface area (Å²) in [5.74, 6) is 0.190. The standard InChI is InChI=1S/C17H18ClNO5S/c1-10-8-17(11(2)7-16(10)23-4)25(21,22)24-15-6-5-13(18)9-14(15)19-12(3)20/h5-9H,1-4H3,(H,19,20). The van der Waals surface area contributed by atoms with E-state index in [4.69, 9.17) is 20.5 Å². The van der Waals surface area contributed by atoms with Crippen molar-refractivity contribution in [3.05, 3.63) is 46.5 Å². The van der Waals surface area contributed by atoms with Gasteiger partial charge in [-0.15, -0.1) is 0 Å². The second kappa shape index (κ2) is 7.33. The van der Waals surface area contributed by atoms with Crippen LogP contribution in [0.5, 0.6) is 11.5 Å². The molecule has 0 fully saturated rings. The number of ether oxygens (including phenoxy) is 1. The Kier molecular flexibility index (Phi) is 5.59. The van der Waals surface area contributed by atoms with Gasteiger partial charge in [0.2, 0.25) is 5.91 Å². The van der Waals surface area contributed by atoms with Gasteiger partial charge in [-0.3, -0.25) is 4.79 Å². The minimum Gasteiger partial charge on any atom is -0.496 e. The number of benzene rings is 2. The minimum absolute atomic E-state index is 0.0209. The number of carbonyl (C=O) groups excluding carboxylic acids is 1. The van der Waals surface area contributed by atoms with E-state index in [9.17, 15) is 13.2 Å². The summed E-state index contributed by atoms with van der Waals surface area (Å²) in [7, 11) is -2.60. The molecule has 0 unspecified atom stereocenters. The van der Waals surface area contributed by atoms with Gasteiger partial charge in [-0.1, -0.05) is 11.6 Å². The van der Waals surface area contributed by atoms with Gasteiger partial charge in [0.05, 0.1) is 12.8 Å². The maximum absolute atomic E-state index is 12.7. The summed E-state index contributed by atoms with van der Waals surface area (Å²) in [6.45, 7) is 4.69. The van der Waals surface area contributed by atoms with E-state index < -0.39 is 10.1 Å². The highest BCUT2D eigenvalue weighted by Gasteiger charge is 2.23. The number of hydrogen-bond acceptors (Lipinski definition) is 5. The third-order valence-electron chi connectivity index (χ3n) is 3.41. The average molecular weight is 384 g/mol. The van der Waals surface area contributed by atoms with E-state index in [2.05, 4.69) is 5.32 Å². The fourth-order valence-electron chi connectivity index (χ4n) is 2.28. The molecule has 2 aromatic rings. The summed E-state index contributed by atoms with van der Waals surface area (Å²) in [5, 5.41) is 2.84. The number of hydrogen-bond donors (Lipinski definition) is 1. The highest BCUT2D eigenvalue weighted by atomic mass is 35.5. The molecule has 2 aromatic carbocycles. The first-order valence-electron chi connectivity index (χ1n) is 7.31. The zero-order chi connectivity index (χ0) is 18.8. The van der Waals surface area contributed by atoms with Crippen LogP contribution < -0.4 is 14.2 Å². The molecule has 1 amide bonds. The normalized spacial score (nSPS) is 11.1. The molecular weight excluding hydrogens is 366 g/mol. The fraction of sp³-hybridized carbons (Fsp3) is 0.235. The highest BCUT2D eigenvalue weighted by Crippen LogP contribution is 2.32. The smallest absolute Gasteiger partial charge is 0.339 e. The molecule has 1 N–H and O–H groups in total. The molecule has 0 spiro atoms. The lowest BCUT2D eigenvalue weighted by Gasteiger charge is -2.15. The van der Waals surface area contributed by atoms with Crippen LogP contribution in [0.3, 0.4) is 0 Å². The molecule has 134 valence electrons. The number of aryl methyl sites for hydroxylation is 2. The van der Waals surface area contributed by atoms with Crippen molar-refractivity contribution in [1.29, 1.82) is 0 Å². The molecule has 0 heterocycles. The lowest BCUT2D eigenvalue weighted by Crippen LogP contribution is -2.14. The molecule has 8 heteroatoms. The molecule has 6 nitrogen and oxygen atoms in total. The van der Waals surface area contributed by atoms with E-state index in [1.807, 2.05) is 0 Å². The van der Waals surface area contributed by atoms with Gasteiger partial charge in [-0.25, -0.2) is 0 Å². The third kappa shape index (κ3) is 4.43. The first-order valence-corrected chi connectivity index (χ1v) is 9.09. The first kappa shape index (κ1) is 19.1. The van der Waals surface area contributed by atoms with Crippen molar-refractivity contribution in [1.82, 2.24) is 0 Å². The summed E-state index contributed by atoms with van der Waals surface area (Å²) in [4.78, 5) is 11.3. The van der Waals surface area contributed by atoms with Crippen molar-refractivity contribution in [2.75, 3.05) is 12.4 Å². The lowest BCUT2D eigenvalue weighted by atomic mass is 10.1. The van der Waals surface area contributed by atoms with Crippen LogP contribution in [-0.2, 0) is 14.9 Å². The molecule has 25 heavy (non-hydrogen) atoms. The highest BCUT2D eigenvalue weighted by molar-refractivity contribution is 7.87. The molecule has 0 aromatic heterocycles. The van der Waals surface area contributed by atoms with Gasteiger partial charge in [0.15, 0.2) is 5.75 Å². The Morgan fingerprint density at radius 3 is 2.36 bits per heavy atom. The molecule has 0 radical (unpaired) electrons. The van der Waals surface area contributed by atoms with Gasteiger partial charge >= 0.3 is 10.1 Å². The number of amides is 1. The number of nitrogens with one attached hydrogen (secondary N) is 1. The number of halogens is 1. The zero-order valence-electron chi connectivity index (χ0n) is 14.2. The Hall–Kier alpha value is -2.25. The number of carbonyl (C=O) groups is 1. The number of anilines is 1. The maximum atomic E-state index is 12.7. The Morgan fingerprint density at radius 2 is 1.76 bits per heavy atom. The van der Waals surface area contributed by atoms with E-state index in [0.717, 1.165) is 0 Å². The average Bonchev–Trinajstić information content (AvgIpc) is 2.51. The minimum atomic E-state index is -4.11. The van der Waals surface area contributed by atoms with Crippen molar-refractivity contribution < 1.29 is 22.1 Å². The second-order valence-corrected chi connectivity index (χ2v) is 7.40. The Labute approximate surface area is 151 Å². The van der Waals surface area contributed by atoms with E-state index >= 15 is 0 Å². The van der Waals surface area contributed by atoms with Crippen molar-refractivity contribution in [2.24, 2.45) is 0 Å². The molecule has 0 aliphatic rings. The summed E-state index contributed by atoms with van der Waals surface area (Å²) in [6.07, 6.45) is 0. The molecule has 0 aliphatic carbocycles. The fourth-order valence-corrected chi connectivity index (χ4v) is 3.70. The van der Waals surface area contributed by atoms with Crippen molar-refractivity contribution >= 4 is 33.3 Å². The molecular formula is C17H18ClNO5S. The number of methoxy groups -OCH3 is 1. The summed E-state index contributed by atoms with van der Waals surface area (Å²) >= 11 is 5.90. The lowest BCUT2D eigenvalue weighted by molar-refractivity contribution is -0.114. The SMILES string of the molecule is COc1cc(C)c(S(=O)(=O)Oc2ccc(Cl)cc2NC(C)=O)cc1C. The largest absolute Gasteiger partial charge is 0.496 e. The van der Waals surface area contributed by atoms with E-state index in [1.165, 1.54) is 38.3 Å². The van der Waals surface area contributed by atoms with Crippen LogP contribution in [0, 0.1) is 13.8 Å². The van der Waals surface area contributed by atoms with Gasteiger partial charge in [-0.05, 0) is 55.3 Å². The number of rotatable bonds is 5. The monoisotopic (exact) mass is 383 g/mol. The Morgan fingerprint density at radius 1 is 1.08 bits per heavy atom. The molecule has 0 atom stereocenters. The van der Waals surface area contributed by atoms with Crippen LogP contribution in [0.4, 0.5) is 5.69 Å². The van der Waals surface area contributed by atoms with Crippen LogP contribution in [0.25, 0.3) is 0 Å². The second-order valence-electron chi connectivity index (χ2n) is 5.45. The predicted molar refractivity (Wildman–Crippen MR) is 96.0 cm³/mol. The van der Waals surface area contributed by atoms with E-state index in [0.29, 0.717) is 21.9 Å². The summed E-state index contributed by atoms with van der Waals surface area (Å²) in [6, 6.07) is 7.39. The Bertz CT molecular complexity index is 925.